The number of aryl methyl sites for hydroxylation is 1. The highest BCUT2D eigenvalue weighted by Gasteiger charge is 2.45. The van der Waals surface area contributed by atoms with Crippen LogP contribution in [0.1, 0.15) is 31.4 Å². The molecule has 0 heterocycles. The van der Waals surface area contributed by atoms with Gasteiger partial charge < -0.3 is 10.8 Å². The zero-order valence-corrected chi connectivity index (χ0v) is 15.4. The minimum atomic E-state index is -2.18. The molecule has 0 bridgehead atoms. The fourth-order valence-electron chi connectivity index (χ4n) is 3.00. The Labute approximate surface area is 152 Å². The van der Waals surface area contributed by atoms with E-state index in [1.807, 2.05) is 38.1 Å². The quantitative estimate of drug-likeness (QED) is 0.765. The summed E-state index contributed by atoms with van der Waals surface area (Å²) in [5, 5.41) is 6.78. The van der Waals surface area contributed by atoms with Gasteiger partial charge in [0.05, 0.1) is 6.42 Å². The Morgan fingerprint density at radius 1 is 1.38 bits per heavy atom. The number of benzene rings is 1. The van der Waals surface area contributed by atoms with E-state index < -0.39 is 23.1 Å². The van der Waals surface area contributed by atoms with Gasteiger partial charge in [0, 0.05) is 12.0 Å². The first kappa shape index (κ1) is 20.7. The number of hydrogen-bond acceptors (Lipinski definition) is 2. The molecule has 3 atom stereocenters. The highest BCUT2D eigenvalue weighted by molar-refractivity contribution is 6.25. The molecule has 0 spiro atoms. The average molecular weight is 374 g/mol. The Hall–Kier alpha value is -1.36. The summed E-state index contributed by atoms with van der Waals surface area (Å²) in [5.41, 5.74) is 9.97. The van der Waals surface area contributed by atoms with Gasteiger partial charge in [0.2, 0.25) is 5.13 Å². The zero-order valence-electron chi connectivity index (χ0n) is 13.8. The number of alkyl halides is 2. The largest absolute Gasteiger partial charge is 0.481 e. The third-order valence-corrected chi connectivity index (χ3v) is 5.07. The smallest absolute Gasteiger partial charge is 0.304 e. The molecule has 132 valence electrons. The Morgan fingerprint density at radius 3 is 2.50 bits per heavy atom. The first-order valence-electron chi connectivity index (χ1n) is 7.47. The summed E-state index contributed by atoms with van der Waals surface area (Å²) in [6.07, 6.45) is 1.35. The number of rotatable bonds is 4. The first-order valence-corrected chi connectivity index (χ1v) is 7.85. The van der Waals surface area contributed by atoms with Crippen molar-refractivity contribution in [2.75, 3.05) is 0 Å². The lowest BCUT2D eigenvalue weighted by Crippen LogP contribution is -2.44. The van der Waals surface area contributed by atoms with E-state index in [9.17, 15) is 4.79 Å². The van der Waals surface area contributed by atoms with Gasteiger partial charge in [0.1, 0.15) is 0 Å². The molecule has 0 aliphatic heterocycles. The minimum absolute atomic E-state index is 0. The standard InChI is InChI=1S/C18H21ClFNO2.ClH/c1-10-6-4-5-7-13(10)14-8-15(16(21)9-17(22)23)18(19,20)12(3)11(14)2;/h4-8,15-16H,9,21H2,1-3H3,(H,22,23);1H. The third kappa shape index (κ3) is 3.82. The normalized spacial score (nSPS) is 24.9. The topological polar surface area (TPSA) is 63.3 Å². The van der Waals surface area contributed by atoms with E-state index in [0.717, 1.165) is 22.3 Å². The maximum absolute atomic E-state index is 15.1. The van der Waals surface area contributed by atoms with Crippen LogP contribution in [0.2, 0.25) is 0 Å². The van der Waals surface area contributed by atoms with Crippen molar-refractivity contribution in [3.05, 3.63) is 52.6 Å². The van der Waals surface area contributed by atoms with Crippen LogP contribution in [-0.4, -0.2) is 22.2 Å². The maximum atomic E-state index is 15.1. The van der Waals surface area contributed by atoms with Gasteiger partial charge in [-0.05, 0) is 48.6 Å². The fraction of sp³-hybridized carbons (Fsp3) is 0.389. The van der Waals surface area contributed by atoms with Gasteiger partial charge in [0.25, 0.3) is 0 Å². The molecule has 0 aromatic heterocycles. The number of hydrogen-bond donors (Lipinski definition) is 2. The lowest BCUT2D eigenvalue weighted by atomic mass is 9.77. The number of carboxylic acid groups (broad SMARTS) is 1. The van der Waals surface area contributed by atoms with E-state index >= 15 is 4.39 Å². The second-order valence-electron chi connectivity index (χ2n) is 6.06. The van der Waals surface area contributed by atoms with Crippen LogP contribution in [0.5, 0.6) is 0 Å². The highest BCUT2D eigenvalue weighted by atomic mass is 35.5. The summed E-state index contributed by atoms with van der Waals surface area (Å²) in [4.78, 5) is 10.9. The van der Waals surface area contributed by atoms with Crippen molar-refractivity contribution in [1.82, 2.24) is 0 Å². The average Bonchev–Trinajstić information content (AvgIpc) is 2.45. The summed E-state index contributed by atoms with van der Waals surface area (Å²) in [6, 6.07) is 6.87. The molecule has 0 fully saturated rings. The van der Waals surface area contributed by atoms with Crippen LogP contribution in [0.3, 0.4) is 0 Å². The van der Waals surface area contributed by atoms with Crippen molar-refractivity contribution in [2.45, 2.75) is 38.4 Å². The van der Waals surface area contributed by atoms with Crippen LogP contribution in [0.4, 0.5) is 4.39 Å². The van der Waals surface area contributed by atoms with E-state index in [1.165, 1.54) is 0 Å². The predicted octanol–water partition coefficient (Wildman–Crippen LogP) is 4.47. The molecule has 0 saturated heterocycles. The molecule has 6 heteroatoms. The molecule has 1 aromatic rings. The molecule has 2 rings (SSSR count). The summed E-state index contributed by atoms with van der Waals surface area (Å²) in [5.74, 6) is -1.97. The molecule has 3 N–H and O–H groups in total. The zero-order chi connectivity index (χ0) is 17.4. The van der Waals surface area contributed by atoms with E-state index in [2.05, 4.69) is 0 Å². The number of aliphatic carboxylic acids is 1. The van der Waals surface area contributed by atoms with Gasteiger partial charge in [-0.15, -0.1) is 12.4 Å². The summed E-state index contributed by atoms with van der Waals surface area (Å²) in [6.45, 7) is 5.43. The Kier molecular flexibility index (Phi) is 6.62. The Balaban J connectivity index is 0.00000288. The molecule has 3 nitrogen and oxygen atoms in total. The van der Waals surface area contributed by atoms with E-state index in [0.29, 0.717) is 5.57 Å². The van der Waals surface area contributed by atoms with Crippen molar-refractivity contribution in [3.8, 4) is 0 Å². The Morgan fingerprint density at radius 2 is 1.96 bits per heavy atom. The van der Waals surface area contributed by atoms with E-state index in [-0.39, 0.29) is 18.8 Å². The van der Waals surface area contributed by atoms with Crippen LogP contribution in [-0.2, 0) is 4.79 Å². The lowest BCUT2D eigenvalue weighted by molar-refractivity contribution is -0.137. The number of halogens is 3. The van der Waals surface area contributed by atoms with Crippen LogP contribution < -0.4 is 5.73 Å². The van der Waals surface area contributed by atoms with Gasteiger partial charge in [0.15, 0.2) is 0 Å². The van der Waals surface area contributed by atoms with Crippen LogP contribution in [0.25, 0.3) is 5.57 Å². The van der Waals surface area contributed by atoms with Crippen molar-refractivity contribution in [3.63, 3.8) is 0 Å². The van der Waals surface area contributed by atoms with Crippen LogP contribution in [0.15, 0.2) is 41.5 Å². The Bertz CT molecular complexity index is 698. The SMILES string of the molecule is CC1=C(C)C(F)(Cl)C(C(N)CC(=O)O)C=C1c1ccccc1C.Cl. The second-order valence-corrected chi connectivity index (χ2v) is 6.61. The molecule has 0 saturated carbocycles. The molecule has 1 aromatic carbocycles. The summed E-state index contributed by atoms with van der Waals surface area (Å²) < 4.78 is 15.1. The number of carbonyl (C=O) groups is 1. The maximum Gasteiger partial charge on any atom is 0.304 e. The van der Waals surface area contributed by atoms with E-state index in [4.69, 9.17) is 22.4 Å². The number of nitrogens with two attached hydrogens (primary N) is 1. The first-order chi connectivity index (χ1) is 10.7. The van der Waals surface area contributed by atoms with E-state index in [1.54, 1.807) is 13.0 Å². The monoisotopic (exact) mass is 373 g/mol. The molecule has 3 unspecified atom stereocenters. The third-order valence-electron chi connectivity index (χ3n) is 4.54. The fourth-order valence-corrected chi connectivity index (χ4v) is 3.37. The highest BCUT2D eigenvalue weighted by Crippen LogP contribution is 2.47. The summed E-state index contributed by atoms with van der Waals surface area (Å²) >= 11 is 6.11. The van der Waals surface area contributed by atoms with Crippen molar-refractivity contribution in [2.24, 2.45) is 11.7 Å². The molecule has 1 aliphatic carbocycles. The molecule has 0 radical (unpaired) electrons. The molecular weight excluding hydrogens is 352 g/mol. The van der Waals surface area contributed by atoms with Crippen LogP contribution >= 0.6 is 24.0 Å². The molecule has 0 amide bonds. The molecule has 1 aliphatic rings. The number of allylic oxidation sites excluding steroid dienone is 3. The van der Waals surface area contributed by atoms with Crippen molar-refractivity contribution in [1.29, 1.82) is 0 Å². The van der Waals surface area contributed by atoms with Gasteiger partial charge in [-0.25, -0.2) is 4.39 Å². The number of carboxylic acids is 1. The van der Waals surface area contributed by atoms with Gasteiger partial charge in [-0.3, -0.25) is 4.79 Å². The lowest BCUT2D eigenvalue weighted by Gasteiger charge is -2.37. The van der Waals surface area contributed by atoms with Gasteiger partial charge in [-0.1, -0.05) is 41.9 Å². The molecular formula is C18H22Cl2FNO2. The minimum Gasteiger partial charge on any atom is -0.481 e. The summed E-state index contributed by atoms with van der Waals surface area (Å²) in [7, 11) is 0. The van der Waals surface area contributed by atoms with Crippen LogP contribution in [0, 0.1) is 12.8 Å². The predicted molar refractivity (Wildman–Crippen MR) is 98.2 cm³/mol. The second kappa shape index (κ2) is 7.68. The van der Waals surface area contributed by atoms with Gasteiger partial charge in [-0.2, -0.15) is 0 Å². The molecule has 24 heavy (non-hydrogen) atoms. The van der Waals surface area contributed by atoms with Crippen molar-refractivity contribution >= 4 is 35.6 Å². The van der Waals surface area contributed by atoms with Gasteiger partial charge >= 0.3 is 5.97 Å². The van der Waals surface area contributed by atoms with Crippen molar-refractivity contribution < 1.29 is 14.3 Å².